The lowest BCUT2D eigenvalue weighted by Crippen LogP contribution is -2.27. The average Bonchev–Trinajstić information content (AvgIpc) is 3.00. The van der Waals surface area contributed by atoms with E-state index >= 15 is 0 Å². The van der Waals surface area contributed by atoms with Gasteiger partial charge in [-0.1, -0.05) is 13.0 Å². The predicted molar refractivity (Wildman–Crippen MR) is 61.5 cm³/mol. The molecule has 2 rings (SSSR count). The Morgan fingerprint density at radius 1 is 1.35 bits per heavy atom. The summed E-state index contributed by atoms with van der Waals surface area (Å²) in [6.45, 7) is 3.40. The van der Waals surface area contributed by atoms with E-state index in [1.54, 1.807) is 0 Å². The Hall–Kier alpha value is -1.00. The summed E-state index contributed by atoms with van der Waals surface area (Å²) in [5, 5.41) is 13.0. The summed E-state index contributed by atoms with van der Waals surface area (Å²) in [6.07, 6.45) is 1.62. The summed E-state index contributed by atoms with van der Waals surface area (Å²) < 4.78 is 25.7. The highest BCUT2D eigenvalue weighted by atomic mass is 19.2. The fraction of sp³-hybridized carbons (Fsp3) is 0.538. The van der Waals surface area contributed by atoms with Crippen molar-refractivity contribution in [2.75, 3.05) is 13.1 Å². The topological polar surface area (TPSA) is 32.3 Å². The molecule has 0 heterocycles. The van der Waals surface area contributed by atoms with Gasteiger partial charge < -0.3 is 10.4 Å². The zero-order chi connectivity index (χ0) is 12.5. The Morgan fingerprint density at radius 2 is 2.06 bits per heavy atom. The van der Waals surface area contributed by atoms with E-state index in [0.717, 1.165) is 18.7 Å². The van der Waals surface area contributed by atoms with Crippen molar-refractivity contribution in [2.45, 2.75) is 25.9 Å². The highest BCUT2D eigenvalue weighted by Gasteiger charge is 2.36. The van der Waals surface area contributed by atoms with Crippen LogP contribution in [0.2, 0.25) is 0 Å². The standard InChI is InChI=1S/C13H17F2NO/c1-13(4-5-13)8-16-7-12(17)9-2-3-10(14)11(15)6-9/h2-3,6,12,16-17H,4-5,7-8H2,1H3. The molecule has 0 bridgehead atoms. The van der Waals surface area contributed by atoms with Crippen molar-refractivity contribution in [3.05, 3.63) is 35.4 Å². The molecule has 1 aliphatic carbocycles. The van der Waals surface area contributed by atoms with Crippen LogP contribution in [0.1, 0.15) is 31.4 Å². The van der Waals surface area contributed by atoms with Crippen LogP contribution in [-0.2, 0) is 0 Å². The minimum Gasteiger partial charge on any atom is -0.387 e. The van der Waals surface area contributed by atoms with E-state index in [0.29, 0.717) is 17.5 Å². The lowest BCUT2D eigenvalue weighted by Gasteiger charge is -2.14. The van der Waals surface area contributed by atoms with E-state index in [4.69, 9.17) is 0 Å². The first-order valence-corrected chi connectivity index (χ1v) is 5.84. The van der Waals surface area contributed by atoms with Crippen LogP contribution in [0.5, 0.6) is 0 Å². The zero-order valence-electron chi connectivity index (χ0n) is 9.84. The SMILES string of the molecule is CC1(CNCC(O)c2ccc(F)c(F)c2)CC1. The molecule has 1 atom stereocenters. The molecule has 1 fully saturated rings. The molecule has 17 heavy (non-hydrogen) atoms. The van der Waals surface area contributed by atoms with Crippen LogP contribution in [0.3, 0.4) is 0 Å². The molecule has 94 valence electrons. The molecule has 2 N–H and O–H groups in total. The maximum absolute atomic E-state index is 13.0. The Bertz CT molecular complexity index is 404. The quantitative estimate of drug-likeness (QED) is 0.829. The van der Waals surface area contributed by atoms with Crippen molar-refractivity contribution in [3.63, 3.8) is 0 Å². The van der Waals surface area contributed by atoms with E-state index in [9.17, 15) is 13.9 Å². The molecule has 1 aromatic carbocycles. The van der Waals surface area contributed by atoms with Gasteiger partial charge in [0.05, 0.1) is 6.10 Å². The van der Waals surface area contributed by atoms with E-state index in [1.165, 1.54) is 18.9 Å². The summed E-state index contributed by atoms with van der Waals surface area (Å²) in [5.74, 6) is -1.81. The summed E-state index contributed by atoms with van der Waals surface area (Å²) in [5.41, 5.74) is 0.769. The third-order valence-corrected chi connectivity index (χ3v) is 3.32. The fourth-order valence-electron chi connectivity index (χ4n) is 1.74. The van der Waals surface area contributed by atoms with Crippen molar-refractivity contribution in [2.24, 2.45) is 5.41 Å². The molecular formula is C13H17F2NO. The Balaban J connectivity index is 1.85. The van der Waals surface area contributed by atoms with Gasteiger partial charge in [-0.15, -0.1) is 0 Å². The summed E-state index contributed by atoms with van der Waals surface area (Å²) >= 11 is 0. The van der Waals surface area contributed by atoms with Crippen molar-refractivity contribution < 1.29 is 13.9 Å². The van der Waals surface area contributed by atoms with Gasteiger partial charge in [0.25, 0.3) is 0 Å². The van der Waals surface area contributed by atoms with Gasteiger partial charge in [0.2, 0.25) is 0 Å². The maximum atomic E-state index is 13.0. The Kier molecular flexibility index (Phi) is 3.45. The molecule has 4 heteroatoms. The number of halogens is 2. The molecular weight excluding hydrogens is 224 g/mol. The molecule has 0 amide bonds. The first-order chi connectivity index (χ1) is 8.00. The minimum atomic E-state index is -0.921. The number of hydrogen-bond acceptors (Lipinski definition) is 2. The van der Waals surface area contributed by atoms with Crippen LogP contribution in [-0.4, -0.2) is 18.2 Å². The third-order valence-electron chi connectivity index (χ3n) is 3.32. The number of benzene rings is 1. The van der Waals surface area contributed by atoms with E-state index in [1.807, 2.05) is 0 Å². The van der Waals surface area contributed by atoms with Gasteiger partial charge in [0, 0.05) is 13.1 Å². The molecule has 0 aliphatic heterocycles. The highest BCUT2D eigenvalue weighted by Crippen LogP contribution is 2.44. The lowest BCUT2D eigenvalue weighted by molar-refractivity contribution is 0.172. The van der Waals surface area contributed by atoms with Crippen molar-refractivity contribution in [1.82, 2.24) is 5.32 Å². The highest BCUT2D eigenvalue weighted by molar-refractivity contribution is 5.20. The average molecular weight is 241 g/mol. The maximum Gasteiger partial charge on any atom is 0.159 e. The monoisotopic (exact) mass is 241 g/mol. The van der Waals surface area contributed by atoms with Gasteiger partial charge in [-0.3, -0.25) is 0 Å². The Morgan fingerprint density at radius 3 is 2.65 bits per heavy atom. The first-order valence-electron chi connectivity index (χ1n) is 5.84. The van der Waals surface area contributed by atoms with Crippen LogP contribution in [0, 0.1) is 17.0 Å². The van der Waals surface area contributed by atoms with Gasteiger partial charge in [-0.25, -0.2) is 8.78 Å². The summed E-state index contributed by atoms with van der Waals surface area (Å²) in [7, 11) is 0. The lowest BCUT2D eigenvalue weighted by atomic mass is 10.1. The van der Waals surface area contributed by atoms with E-state index < -0.39 is 17.7 Å². The third kappa shape index (κ3) is 3.23. The second-order valence-corrected chi connectivity index (χ2v) is 5.13. The molecule has 0 aromatic heterocycles. The largest absolute Gasteiger partial charge is 0.387 e. The van der Waals surface area contributed by atoms with Crippen LogP contribution in [0.15, 0.2) is 18.2 Å². The predicted octanol–water partition coefficient (Wildman–Crippen LogP) is 2.39. The van der Waals surface area contributed by atoms with Gasteiger partial charge in [-0.2, -0.15) is 0 Å². The van der Waals surface area contributed by atoms with Crippen LogP contribution >= 0.6 is 0 Å². The summed E-state index contributed by atoms with van der Waals surface area (Å²) in [4.78, 5) is 0. The molecule has 1 unspecified atom stereocenters. The molecule has 0 radical (unpaired) electrons. The van der Waals surface area contributed by atoms with E-state index in [2.05, 4.69) is 12.2 Å². The second kappa shape index (κ2) is 4.70. The zero-order valence-corrected chi connectivity index (χ0v) is 9.84. The van der Waals surface area contributed by atoms with Crippen molar-refractivity contribution >= 4 is 0 Å². The summed E-state index contributed by atoms with van der Waals surface area (Å²) in [6, 6.07) is 3.49. The molecule has 1 aromatic rings. The number of aliphatic hydroxyl groups excluding tert-OH is 1. The molecule has 0 spiro atoms. The number of rotatable bonds is 5. The van der Waals surface area contributed by atoms with Crippen molar-refractivity contribution in [3.8, 4) is 0 Å². The van der Waals surface area contributed by atoms with Gasteiger partial charge in [-0.05, 0) is 36.0 Å². The molecule has 2 nitrogen and oxygen atoms in total. The number of aliphatic hydroxyl groups is 1. The molecule has 0 saturated heterocycles. The second-order valence-electron chi connectivity index (χ2n) is 5.13. The molecule has 1 aliphatic rings. The fourth-order valence-corrected chi connectivity index (χ4v) is 1.74. The van der Waals surface area contributed by atoms with Gasteiger partial charge in [0.15, 0.2) is 11.6 Å². The van der Waals surface area contributed by atoms with Crippen LogP contribution in [0.4, 0.5) is 8.78 Å². The normalized spacial score (nSPS) is 19.1. The molecule has 1 saturated carbocycles. The van der Waals surface area contributed by atoms with Crippen molar-refractivity contribution in [1.29, 1.82) is 0 Å². The number of nitrogens with one attached hydrogen (secondary N) is 1. The smallest absolute Gasteiger partial charge is 0.159 e. The first kappa shape index (κ1) is 12.5. The Labute approximate surface area is 99.7 Å². The number of hydrogen-bond donors (Lipinski definition) is 2. The van der Waals surface area contributed by atoms with Gasteiger partial charge >= 0.3 is 0 Å². The minimum absolute atomic E-state index is 0.362. The van der Waals surface area contributed by atoms with E-state index in [-0.39, 0.29) is 0 Å². The van der Waals surface area contributed by atoms with Crippen LogP contribution in [0.25, 0.3) is 0 Å². The van der Waals surface area contributed by atoms with Crippen LogP contribution < -0.4 is 5.32 Å². The van der Waals surface area contributed by atoms with Gasteiger partial charge in [0.1, 0.15) is 0 Å².